The van der Waals surface area contributed by atoms with E-state index in [1.807, 2.05) is 0 Å². The second-order valence-electron chi connectivity index (χ2n) is 8.69. The highest BCUT2D eigenvalue weighted by Crippen LogP contribution is 2.21. The molecular formula is C24H39N5O. The van der Waals surface area contributed by atoms with Crippen LogP contribution in [0.25, 0.3) is 0 Å². The van der Waals surface area contributed by atoms with Gasteiger partial charge in [-0.25, -0.2) is 0 Å². The summed E-state index contributed by atoms with van der Waals surface area (Å²) in [7, 11) is 1.72. The van der Waals surface area contributed by atoms with Crippen molar-refractivity contribution in [1.29, 1.82) is 0 Å². The van der Waals surface area contributed by atoms with Crippen LogP contribution in [0.15, 0.2) is 35.3 Å². The highest BCUT2D eigenvalue weighted by atomic mass is 16.1. The highest BCUT2D eigenvalue weighted by Gasteiger charge is 2.25. The number of likely N-dealkylation sites (tertiary alicyclic amines) is 2. The number of hydrogen-bond acceptors (Lipinski definition) is 3. The third kappa shape index (κ3) is 7.01. The van der Waals surface area contributed by atoms with Gasteiger partial charge in [0, 0.05) is 52.7 Å². The summed E-state index contributed by atoms with van der Waals surface area (Å²) in [5.74, 6) is 2.36. The Hall–Kier alpha value is -2.08. The van der Waals surface area contributed by atoms with Crippen LogP contribution in [-0.2, 0) is 11.2 Å². The molecule has 0 bridgehead atoms. The summed E-state index contributed by atoms with van der Waals surface area (Å²) in [4.78, 5) is 21.6. The molecule has 30 heavy (non-hydrogen) atoms. The number of nitrogens with one attached hydrogen (secondary N) is 2. The van der Waals surface area contributed by atoms with Gasteiger partial charge in [-0.05, 0) is 56.6 Å². The van der Waals surface area contributed by atoms with Gasteiger partial charge in [0.25, 0.3) is 0 Å². The minimum Gasteiger partial charge on any atom is -0.359 e. The Bertz CT molecular complexity index is 669. The summed E-state index contributed by atoms with van der Waals surface area (Å²) in [6.45, 7) is 9.40. The number of guanidine groups is 1. The first-order valence-electron chi connectivity index (χ1n) is 11.7. The van der Waals surface area contributed by atoms with Crippen molar-refractivity contribution in [3.8, 4) is 0 Å². The van der Waals surface area contributed by atoms with E-state index in [9.17, 15) is 4.79 Å². The van der Waals surface area contributed by atoms with Gasteiger partial charge in [0.15, 0.2) is 5.96 Å². The first kappa shape index (κ1) is 22.6. The van der Waals surface area contributed by atoms with Gasteiger partial charge < -0.3 is 20.4 Å². The second-order valence-corrected chi connectivity index (χ2v) is 8.69. The summed E-state index contributed by atoms with van der Waals surface area (Å²) in [5, 5.41) is 6.23. The Morgan fingerprint density at radius 3 is 2.53 bits per heavy atom. The number of carbonyl (C=O) groups is 1. The van der Waals surface area contributed by atoms with Crippen molar-refractivity contribution in [3.05, 3.63) is 35.9 Å². The van der Waals surface area contributed by atoms with E-state index in [1.165, 1.54) is 18.5 Å². The van der Waals surface area contributed by atoms with Crippen LogP contribution >= 0.6 is 0 Å². The molecule has 2 aliphatic rings. The molecule has 6 heteroatoms. The highest BCUT2D eigenvalue weighted by molar-refractivity contribution is 5.80. The number of hydrogen-bond donors (Lipinski definition) is 2. The van der Waals surface area contributed by atoms with Gasteiger partial charge in [0.1, 0.15) is 0 Å². The maximum atomic E-state index is 11.6. The molecule has 0 saturated carbocycles. The van der Waals surface area contributed by atoms with Gasteiger partial charge in [-0.2, -0.15) is 0 Å². The Labute approximate surface area is 182 Å². The molecule has 1 atom stereocenters. The zero-order chi connectivity index (χ0) is 21.2. The molecule has 1 aromatic rings. The third-order valence-corrected chi connectivity index (χ3v) is 6.43. The van der Waals surface area contributed by atoms with Gasteiger partial charge in [-0.3, -0.25) is 9.79 Å². The fourth-order valence-electron chi connectivity index (χ4n) is 4.55. The number of nitrogens with zero attached hydrogens (tertiary/aromatic N) is 3. The molecule has 166 valence electrons. The molecule has 0 spiro atoms. The summed E-state index contributed by atoms with van der Waals surface area (Å²) >= 11 is 0. The molecule has 0 aliphatic carbocycles. The van der Waals surface area contributed by atoms with E-state index < -0.39 is 0 Å². The Morgan fingerprint density at radius 2 is 1.83 bits per heavy atom. The maximum absolute atomic E-state index is 11.6. The van der Waals surface area contributed by atoms with E-state index in [4.69, 9.17) is 4.99 Å². The van der Waals surface area contributed by atoms with Crippen LogP contribution in [0, 0.1) is 11.8 Å². The fourth-order valence-corrected chi connectivity index (χ4v) is 4.55. The van der Waals surface area contributed by atoms with E-state index in [-0.39, 0.29) is 5.91 Å². The van der Waals surface area contributed by atoms with Crippen LogP contribution in [-0.4, -0.2) is 74.5 Å². The van der Waals surface area contributed by atoms with Crippen molar-refractivity contribution >= 4 is 11.9 Å². The van der Waals surface area contributed by atoms with Crippen molar-refractivity contribution in [2.24, 2.45) is 16.8 Å². The van der Waals surface area contributed by atoms with Crippen molar-refractivity contribution < 1.29 is 4.79 Å². The molecule has 2 fully saturated rings. The molecule has 1 aromatic carbocycles. The Balaban J connectivity index is 1.43. The smallest absolute Gasteiger partial charge is 0.220 e. The van der Waals surface area contributed by atoms with Gasteiger partial charge >= 0.3 is 0 Å². The number of benzene rings is 1. The van der Waals surface area contributed by atoms with Crippen LogP contribution in [0.4, 0.5) is 0 Å². The molecule has 2 N–H and O–H groups in total. The first-order valence-corrected chi connectivity index (χ1v) is 11.7. The van der Waals surface area contributed by atoms with Crippen LogP contribution < -0.4 is 10.6 Å². The second kappa shape index (κ2) is 11.9. The average molecular weight is 414 g/mol. The van der Waals surface area contributed by atoms with Gasteiger partial charge in [0.2, 0.25) is 5.91 Å². The molecule has 1 amide bonds. The molecule has 1 unspecified atom stereocenters. The monoisotopic (exact) mass is 413 g/mol. The van der Waals surface area contributed by atoms with Crippen molar-refractivity contribution in [1.82, 2.24) is 20.4 Å². The van der Waals surface area contributed by atoms with Gasteiger partial charge in [-0.1, -0.05) is 30.3 Å². The van der Waals surface area contributed by atoms with Crippen molar-refractivity contribution in [2.75, 3.05) is 52.9 Å². The summed E-state index contributed by atoms with van der Waals surface area (Å²) in [6.07, 6.45) is 5.15. The standard InChI is InChI=1S/C24H39N5O/c1-3-26-24(29-15-11-21(12-16-29)17-23(30)25-2)27-18-22-10-14-28(19-22)13-9-20-7-5-4-6-8-20/h4-8,21-22H,3,9-19H2,1-2H3,(H,25,30)(H,26,27). The zero-order valence-corrected chi connectivity index (χ0v) is 18.8. The summed E-state index contributed by atoms with van der Waals surface area (Å²) < 4.78 is 0. The Kier molecular flexibility index (Phi) is 9.00. The lowest BCUT2D eigenvalue weighted by Crippen LogP contribution is -2.46. The lowest BCUT2D eigenvalue weighted by molar-refractivity contribution is -0.121. The summed E-state index contributed by atoms with van der Waals surface area (Å²) in [6, 6.07) is 10.8. The van der Waals surface area contributed by atoms with Crippen molar-refractivity contribution in [2.45, 2.75) is 39.0 Å². The fraction of sp³-hybridized carbons (Fsp3) is 0.667. The van der Waals surface area contributed by atoms with Crippen LogP contribution in [0.1, 0.15) is 38.2 Å². The number of aliphatic imine (C=N–C) groups is 1. The minimum atomic E-state index is 0.159. The maximum Gasteiger partial charge on any atom is 0.220 e. The molecular weight excluding hydrogens is 374 g/mol. The number of amides is 1. The molecule has 0 aromatic heterocycles. The van der Waals surface area contributed by atoms with E-state index in [1.54, 1.807) is 7.05 Å². The average Bonchev–Trinajstić information content (AvgIpc) is 3.24. The number of rotatable bonds is 8. The van der Waals surface area contributed by atoms with Crippen LogP contribution in [0.3, 0.4) is 0 Å². The molecule has 2 aliphatic heterocycles. The Morgan fingerprint density at radius 1 is 1.10 bits per heavy atom. The predicted molar refractivity (Wildman–Crippen MR) is 124 cm³/mol. The molecule has 6 nitrogen and oxygen atoms in total. The molecule has 3 rings (SSSR count). The topological polar surface area (TPSA) is 60.0 Å². The van der Waals surface area contributed by atoms with E-state index >= 15 is 0 Å². The third-order valence-electron chi connectivity index (χ3n) is 6.43. The normalized spacial score (nSPS) is 21.1. The molecule has 0 radical (unpaired) electrons. The van der Waals surface area contributed by atoms with E-state index in [0.717, 1.165) is 64.5 Å². The van der Waals surface area contributed by atoms with Crippen LogP contribution in [0.2, 0.25) is 0 Å². The zero-order valence-electron chi connectivity index (χ0n) is 18.8. The van der Waals surface area contributed by atoms with E-state index in [0.29, 0.717) is 18.3 Å². The predicted octanol–water partition coefficient (Wildman–Crippen LogP) is 2.36. The first-order chi connectivity index (χ1) is 14.7. The molecule has 2 saturated heterocycles. The SMILES string of the molecule is CCNC(=NCC1CCN(CCc2ccccc2)C1)N1CCC(CC(=O)NC)CC1. The van der Waals surface area contributed by atoms with Crippen LogP contribution in [0.5, 0.6) is 0 Å². The molecule has 2 heterocycles. The van der Waals surface area contributed by atoms with Crippen molar-refractivity contribution in [3.63, 3.8) is 0 Å². The van der Waals surface area contributed by atoms with E-state index in [2.05, 4.69) is 57.7 Å². The number of carbonyl (C=O) groups excluding carboxylic acids is 1. The number of piperidine rings is 1. The quantitative estimate of drug-likeness (QED) is 0.507. The lowest BCUT2D eigenvalue weighted by Gasteiger charge is -2.34. The minimum absolute atomic E-state index is 0.159. The largest absolute Gasteiger partial charge is 0.359 e. The van der Waals surface area contributed by atoms with Gasteiger partial charge in [0.05, 0.1) is 0 Å². The summed E-state index contributed by atoms with van der Waals surface area (Å²) in [5.41, 5.74) is 1.42. The lowest BCUT2D eigenvalue weighted by atomic mass is 9.93. The van der Waals surface area contributed by atoms with Gasteiger partial charge in [-0.15, -0.1) is 0 Å².